The Morgan fingerprint density at radius 3 is 1.97 bits per heavy atom. The van der Waals surface area contributed by atoms with Crippen LogP contribution in [-0.4, -0.2) is 49.5 Å². The minimum absolute atomic E-state index is 0.00567. The van der Waals surface area contributed by atoms with E-state index in [4.69, 9.17) is 14.2 Å². The minimum atomic E-state index is -4.51. The quantitative estimate of drug-likeness (QED) is 0.117. The molecule has 4 fully saturated rings. The molecule has 0 bridgehead atoms. The first-order chi connectivity index (χ1) is 29.1. The Kier molecular flexibility index (Phi) is 12.9. The Morgan fingerprint density at radius 2 is 1.36 bits per heavy atom. The number of hydrogen-bond donors (Lipinski definition) is 4. The number of alkyl halides is 3. The molecule has 4 aliphatic carbocycles. The number of benzene rings is 3. The van der Waals surface area contributed by atoms with Crippen LogP contribution in [0, 0.1) is 46.3 Å². The number of ether oxygens (including phenoxy) is 3. The fourth-order valence-electron chi connectivity index (χ4n) is 11.9. The molecule has 0 spiro atoms. The number of amides is 4. The van der Waals surface area contributed by atoms with Crippen LogP contribution in [0.3, 0.4) is 0 Å². The molecule has 0 radical (unpaired) electrons. The maximum atomic E-state index is 13.9. The maximum Gasteiger partial charge on any atom is 0.416 e. The molecule has 328 valence electrons. The van der Waals surface area contributed by atoms with Crippen molar-refractivity contribution in [1.29, 1.82) is 0 Å². The van der Waals surface area contributed by atoms with Gasteiger partial charge in [-0.2, -0.15) is 13.2 Å². The van der Waals surface area contributed by atoms with Crippen molar-refractivity contribution in [3.63, 3.8) is 0 Å². The van der Waals surface area contributed by atoms with Gasteiger partial charge in [-0.05, 0) is 141 Å². The van der Waals surface area contributed by atoms with Crippen LogP contribution in [0.1, 0.15) is 84.1 Å². The van der Waals surface area contributed by atoms with Crippen LogP contribution in [-0.2, 0) is 25.2 Å². The van der Waals surface area contributed by atoms with Crippen LogP contribution in [0.5, 0.6) is 0 Å². The summed E-state index contributed by atoms with van der Waals surface area (Å²) in [5.74, 6) is -0.158. The van der Waals surface area contributed by atoms with Crippen LogP contribution >= 0.6 is 0 Å². The zero-order chi connectivity index (χ0) is 43.5. The molecule has 3 aromatic carbocycles. The van der Waals surface area contributed by atoms with Crippen molar-refractivity contribution in [2.45, 2.75) is 103 Å². The van der Waals surface area contributed by atoms with Crippen molar-refractivity contribution < 1.29 is 46.6 Å². The van der Waals surface area contributed by atoms with E-state index in [1.165, 1.54) is 19.2 Å². The average molecular weight is 847 g/mol. The molecule has 4 amide bonds. The Labute approximate surface area is 355 Å². The summed E-state index contributed by atoms with van der Waals surface area (Å²) in [6, 6.07) is 21.7. The van der Waals surface area contributed by atoms with Gasteiger partial charge in [0.05, 0.1) is 12.7 Å². The number of halogens is 3. The number of fused-ring (bicyclic) bond motifs is 5. The van der Waals surface area contributed by atoms with Crippen LogP contribution in [0.4, 0.5) is 44.6 Å². The van der Waals surface area contributed by atoms with E-state index in [-0.39, 0.29) is 71.1 Å². The minimum Gasteiger partial charge on any atom is -0.469 e. The van der Waals surface area contributed by atoms with Gasteiger partial charge >= 0.3 is 30.4 Å². The molecular weight excluding hydrogens is 790 g/mol. The molecule has 7 rings (SSSR count). The van der Waals surface area contributed by atoms with Crippen molar-refractivity contribution in [2.24, 2.45) is 46.3 Å². The molecule has 11 atom stereocenters. The third kappa shape index (κ3) is 9.48. The van der Waals surface area contributed by atoms with Gasteiger partial charge in [-0.15, -0.1) is 0 Å². The summed E-state index contributed by atoms with van der Waals surface area (Å²) in [7, 11) is 1.38. The molecule has 61 heavy (non-hydrogen) atoms. The predicted octanol–water partition coefficient (Wildman–Crippen LogP) is 10.9. The number of methoxy groups -OCH3 is 1. The Hall–Kier alpha value is -5.27. The first-order valence-electron chi connectivity index (χ1n) is 21.5. The molecule has 4 N–H and O–H groups in total. The highest BCUT2D eigenvalue weighted by atomic mass is 19.4. The van der Waals surface area contributed by atoms with Crippen molar-refractivity contribution >= 4 is 41.2 Å². The summed E-state index contributed by atoms with van der Waals surface area (Å²) in [5.41, 5.74) is -0.153. The topological polar surface area (TPSA) is 144 Å². The number of rotatable bonds is 10. The van der Waals surface area contributed by atoms with E-state index < -0.39 is 41.5 Å². The lowest BCUT2D eigenvalue weighted by Crippen LogP contribution is -2.66. The van der Waals surface area contributed by atoms with Crippen molar-refractivity contribution in [3.8, 4) is 0 Å². The van der Waals surface area contributed by atoms with Crippen LogP contribution in [0.15, 0.2) is 84.9 Å². The lowest BCUT2D eigenvalue weighted by Gasteiger charge is -2.64. The third-order valence-electron chi connectivity index (χ3n) is 14.9. The molecule has 0 heterocycles. The van der Waals surface area contributed by atoms with Gasteiger partial charge in [0.2, 0.25) is 0 Å². The van der Waals surface area contributed by atoms with Gasteiger partial charge in [0.1, 0.15) is 12.2 Å². The fraction of sp³-hybridized carbons (Fsp3) is 0.532. The number of urea groups is 1. The molecule has 3 aromatic rings. The standard InChI is InChI=1S/C47H57F3N4O7/c1-28(15-22-40(55)59-4)35-20-21-36-41-37(27-39(46(35,36)3)61-44(58)53-32-13-9-6-10-14-32)45(2)24-23-34(60-43(57)52-31-11-7-5-8-12-31)25-30(45)26-38(41)54-42(56)51-33-18-16-29(17-19-33)47(48,49)50/h5-14,16-19,28,30,34-39,41H,15,20-27H2,1-4H3,(H,52,57)(H,53,58)(H2,51,54,56)/t28-,30+,34-,35-,36+,37+,38-,39+,41+,45+,46-/m1/s1. The van der Waals surface area contributed by atoms with Crippen molar-refractivity contribution in [3.05, 3.63) is 90.5 Å². The first-order valence-corrected chi connectivity index (χ1v) is 21.5. The highest BCUT2D eigenvalue weighted by Crippen LogP contribution is 2.69. The van der Waals surface area contributed by atoms with Crippen LogP contribution in [0.2, 0.25) is 0 Å². The number of hydrogen-bond acceptors (Lipinski definition) is 7. The second-order valence-corrected chi connectivity index (χ2v) is 18.1. The molecule has 4 saturated carbocycles. The number of esters is 1. The van der Waals surface area contributed by atoms with E-state index in [1.54, 1.807) is 24.3 Å². The molecule has 11 nitrogen and oxygen atoms in total. The van der Waals surface area contributed by atoms with E-state index >= 15 is 0 Å². The zero-order valence-electron chi connectivity index (χ0n) is 35.1. The van der Waals surface area contributed by atoms with Gasteiger partial charge < -0.3 is 24.8 Å². The van der Waals surface area contributed by atoms with Crippen molar-refractivity contribution in [1.82, 2.24) is 5.32 Å². The molecule has 14 heteroatoms. The van der Waals surface area contributed by atoms with Gasteiger partial charge in [0, 0.05) is 34.9 Å². The van der Waals surface area contributed by atoms with Crippen LogP contribution in [0.25, 0.3) is 0 Å². The largest absolute Gasteiger partial charge is 0.469 e. The molecule has 0 aromatic heterocycles. The summed E-state index contributed by atoms with van der Waals surface area (Å²) < 4.78 is 57.6. The van der Waals surface area contributed by atoms with Gasteiger partial charge in [-0.3, -0.25) is 15.4 Å². The first kappa shape index (κ1) is 43.8. The van der Waals surface area contributed by atoms with Crippen molar-refractivity contribution in [2.75, 3.05) is 23.1 Å². The smallest absolute Gasteiger partial charge is 0.416 e. The fourth-order valence-corrected chi connectivity index (χ4v) is 11.9. The highest BCUT2D eigenvalue weighted by Gasteiger charge is 2.67. The predicted molar refractivity (Wildman–Crippen MR) is 224 cm³/mol. The average Bonchev–Trinajstić information content (AvgIpc) is 3.59. The lowest BCUT2D eigenvalue weighted by atomic mass is 9.42. The summed E-state index contributed by atoms with van der Waals surface area (Å²) in [4.78, 5) is 53.1. The van der Waals surface area contributed by atoms with Gasteiger partial charge in [-0.1, -0.05) is 57.2 Å². The van der Waals surface area contributed by atoms with E-state index in [9.17, 15) is 32.3 Å². The SMILES string of the molecule is COC(=O)CC[C@@H](C)[C@H]1CC[C@H]2[C@@H]3[C@H](NC(=O)Nc4ccc(C(F)(F)F)cc4)C[C@@H]4C[C@H](OC(=O)Nc5ccccc5)CC[C@]4(C)[C@H]3C[C@H](OC(=O)Nc3ccccc3)[C@]12C. The second kappa shape index (κ2) is 18.0. The summed E-state index contributed by atoms with van der Waals surface area (Å²) >= 11 is 0. The van der Waals surface area contributed by atoms with E-state index in [2.05, 4.69) is 42.0 Å². The van der Waals surface area contributed by atoms with Crippen LogP contribution < -0.4 is 21.3 Å². The second-order valence-electron chi connectivity index (χ2n) is 18.1. The van der Waals surface area contributed by atoms with E-state index in [0.717, 1.165) is 31.4 Å². The third-order valence-corrected chi connectivity index (χ3v) is 14.9. The van der Waals surface area contributed by atoms with Gasteiger partial charge in [0.25, 0.3) is 0 Å². The molecule has 0 unspecified atom stereocenters. The summed E-state index contributed by atoms with van der Waals surface area (Å²) in [6.07, 6.45) is -0.874. The van der Waals surface area contributed by atoms with E-state index in [0.29, 0.717) is 43.5 Å². The number of carbonyl (C=O) groups is 4. The Morgan fingerprint density at radius 1 is 0.754 bits per heavy atom. The summed E-state index contributed by atoms with van der Waals surface area (Å²) in [6.45, 7) is 6.66. The Bertz CT molecular complexity index is 2020. The lowest BCUT2D eigenvalue weighted by molar-refractivity contribution is -0.181. The molecule has 4 aliphatic rings. The summed E-state index contributed by atoms with van der Waals surface area (Å²) in [5, 5.41) is 11.8. The number of nitrogens with one attached hydrogen (secondary N) is 4. The molecule has 0 saturated heterocycles. The van der Waals surface area contributed by atoms with Gasteiger partial charge in [-0.25, -0.2) is 14.4 Å². The van der Waals surface area contributed by atoms with Gasteiger partial charge in [0.15, 0.2) is 0 Å². The number of anilines is 3. The highest BCUT2D eigenvalue weighted by molar-refractivity contribution is 5.89. The van der Waals surface area contributed by atoms with E-state index in [1.807, 2.05) is 36.4 Å². The Balaban J connectivity index is 1.19. The molecule has 0 aliphatic heterocycles. The monoisotopic (exact) mass is 846 g/mol. The molecular formula is C47H57F3N4O7. The number of carbonyl (C=O) groups excluding carboxylic acids is 4. The zero-order valence-corrected chi connectivity index (χ0v) is 35.1. The maximum absolute atomic E-state index is 13.9. The number of para-hydroxylation sites is 2. The normalized spacial score (nSPS) is 30.9.